The van der Waals surface area contributed by atoms with E-state index in [-0.39, 0.29) is 35.4 Å². The molecule has 6 nitrogen and oxygen atoms in total. The van der Waals surface area contributed by atoms with Gasteiger partial charge in [0.05, 0.1) is 18.3 Å². The Morgan fingerprint density at radius 1 is 1.32 bits per heavy atom. The van der Waals surface area contributed by atoms with Crippen LogP contribution >= 0.6 is 0 Å². The number of halogens is 1. The Kier molecular flexibility index (Phi) is 4.39. The molecule has 0 radical (unpaired) electrons. The zero-order valence-corrected chi connectivity index (χ0v) is 13.9. The number of aliphatic hydroxyl groups excluding tert-OH is 1. The van der Waals surface area contributed by atoms with E-state index < -0.39 is 11.7 Å². The number of aromatic amines is 1. The smallest absolute Gasteiger partial charge is 0.295 e. The zero-order valence-electron chi connectivity index (χ0n) is 13.9. The normalized spacial score (nSPS) is 16.9. The second kappa shape index (κ2) is 6.51. The number of H-pyrrole nitrogens is 1. The Morgan fingerprint density at radius 3 is 2.60 bits per heavy atom. The van der Waals surface area contributed by atoms with Crippen LogP contribution in [0, 0.1) is 5.82 Å². The van der Waals surface area contributed by atoms with Crippen molar-refractivity contribution >= 4 is 17.4 Å². The lowest BCUT2D eigenvalue weighted by atomic mass is 10.1. The lowest BCUT2D eigenvalue weighted by Crippen LogP contribution is -2.33. The van der Waals surface area contributed by atoms with Gasteiger partial charge in [-0.3, -0.25) is 9.59 Å². The molecule has 0 aliphatic carbocycles. The Balaban J connectivity index is 1.83. The molecule has 1 aliphatic rings. The van der Waals surface area contributed by atoms with Gasteiger partial charge >= 0.3 is 0 Å². The maximum atomic E-state index is 12.9. The Morgan fingerprint density at radius 2 is 2.00 bits per heavy atom. The maximum absolute atomic E-state index is 12.9. The number of aliphatic hydroxyl groups is 1. The molecule has 3 rings (SSSR count). The third-order valence-corrected chi connectivity index (χ3v) is 4.14. The zero-order chi connectivity index (χ0) is 18.1. The summed E-state index contributed by atoms with van der Waals surface area (Å²) in [5.41, 5.74) is 1.20. The lowest BCUT2D eigenvalue weighted by Gasteiger charge is -2.18. The van der Waals surface area contributed by atoms with Gasteiger partial charge in [-0.05, 0) is 31.5 Å². The largest absolute Gasteiger partial charge is 0.505 e. The molecule has 0 saturated carbocycles. The van der Waals surface area contributed by atoms with E-state index in [1.165, 1.54) is 23.2 Å². The summed E-state index contributed by atoms with van der Waals surface area (Å²) in [5, 5.41) is 10.4. The molecule has 0 bridgehead atoms. The molecule has 0 spiro atoms. The number of aromatic nitrogens is 2. The summed E-state index contributed by atoms with van der Waals surface area (Å²) < 4.78 is 12.9. The first-order valence-electron chi connectivity index (χ1n) is 7.93. The van der Waals surface area contributed by atoms with Crippen LogP contribution in [0.5, 0.6) is 0 Å². The van der Waals surface area contributed by atoms with Crippen LogP contribution in [0.3, 0.4) is 0 Å². The lowest BCUT2D eigenvalue weighted by molar-refractivity contribution is -0.140. The van der Waals surface area contributed by atoms with E-state index >= 15 is 0 Å². The number of likely N-dealkylation sites (tertiary alicyclic amines) is 1. The maximum Gasteiger partial charge on any atom is 0.295 e. The van der Waals surface area contributed by atoms with Crippen LogP contribution in [0.1, 0.15) is 30.9 Å². The Labute approximate surface area is 144 Å². The van der Waals surface area contributed by atoms with Crippen LogP contribution in [-0.2, 0) is 16.0 Å². The van der Waals surface area contributed by atoms with E-state index in [0.29, 0.717) is 12.2 Å². The summed E-state index contributed by atoms with van der Waals surface area (Å²) in [5.74, 6) is -1.32. The summed E-state index contributed by atoms with van der Waals surface area (Å²) in [6, 6.07) is 5.90. The highest BCUT2D eigenvalue weighted by Crippen LogP contribution is 2.23. The highest BCUT2D eigenvalue weighted by molar-refractivity contribution is 6.46. The van der Waals surface area contributed by atoms with Crippen molar-refractivity contribution in [1.82, 2.24) is 14.9 Å². The quantitative estimate of drug-likeness (QED) is 0.506. The Bertz CT molecular complexity index is 853. The van der Waals surface area contributed by atoms with E-state index in [1.54, 1.807) is 12.1 Å². The van der Waals surface area contributed by atoms with E-state index in [4.69, 9.17) is 0 Å². The molecule has 1 amide bonds. The number of benzene rings is 1. The number of nitrogens with one attached hydrogen (secondary N) is 1. The molecular weight excluding hydrogens is 325 g/mol. The van der Waals surface area contributed by atoms with Crippen LogP contribution in [0.2, 0.25) is 0 Å². The van der Waals surface area contributed by atoms with Gasteiger partial charge in [0.2, 0.25) is 0 Å². The van der Waals surface area contributed by atoms with E-state index in [2.05, 4.69) is 9.97 Å². The molecule has 2 aromatic rings. The minimum Gasteiger partial charge on any atom is -0.505 e. The molecule has 1 aliphatic heterocycles. The van der Waals surface area contributed by atoms with Crippen molar-refractivity contribution < 1.29 is 19.1 Å². The van der Waals surface area contributed by atoms with E-state index in [9.17, 15) is 19.1 Å². The van der Waals surface area contributed by atoms with E-state index in [1.807, 2.05) is 13.8 Å². The summed E-state index contributed by atoms with van der Waals surface area (Å²) in [6.45, 7) is 3.69. The average molecular weight is 343 g/mol. The van der Waals surface area contributed by atoms with Gasteiger partial charge in [0, 0.05) is 12.5 Å². The van der Waals surface area contributed by atoms with Gasteiger partial charge in [0.1, 0.15) is 23.1 Å². The van der Waals surface area contributed by atoms with Gasteiger partial charge in [-0.2, -0.15) is 0 Å². The van der Waals surface area contributed by atoms with E-state index in [0.717, 1.165) is 5.56 Å². The number of amides is 1. The van der Waals surface area contributed by atoms with Gasteiger partial charge in [-0.15, -0.1) is 0 Å². The fourth-order valence-corrected chi connectivity index (χ4v) is 2.70. The molecule has 1 aromatic heterocycles. The number of nitrogens with zero attached hydrogens (tertiary/aromatic N) is 2. The number of Topliss-reactive ketones (excluding diaryl/α,β-unsaturated/α-hetero) is 1. The van der Waals surface area contributed by atoms with Crippen molar-refractivity contribution in [2.45, 2.75) is 26.3 Å². The molecule has 7 heteroatoms. The fourth-order valence-electron chi connectivity index (χ4n) is 2.70. The van der Waals surface area contributed by atoms with Crippen molar-refractivity contribution in [1.29, 1.82) is 0 Å². The van der Waals surface area contributed by atoms with Crippen LogP contribution in [0.15, 0.2) is 36.0 Å². The molecule has 0 atom stereocenters. The van der Waals surface area contributed by atoms with Crippen molar-refractivity contribution in [3.05, 3.63) is 58.9 Å². The van der Waals surface area contributed by atoms with Gasteiger partial charge in [0.15, 0.2) is 0 Å². The first-order chi connectivity index (χ1) is 11.9. The van der Waals surface area contributed by atoms with Crippen molar-refractivity contribution in [3.63, 3.8) is 0 Å². The average Bonchev–Trinajstić information content (AvgIpc) is 3.15. The van der Waals surface area contributed by atoms with Crippen LogP contribution in [0.4, 0.5) is 4.39 Å². The summed E-state index contributed by atoms with van der Waals surface area (Å²) in [4.78, 5) is 32.5. The molecule has 0 unspecified atom stereocenters. The number of hydrogen-bond donors (Lipinski definition) is 2. The number of ketones is 1. The highest BCUT2D eigenvalue weighted by atomic mass is 19.1. The molecule has 130 valence electrons. The fraction of sp³-hybridized carbons (Fsp3) is 0.278. The standard InChI is InChI=1S/C18H18FN3O3/c1-10(2)22-9-13(17(24)18(22)25)16(23)14-8-20-15(21-14)7-11-3-5-12(19)6-4-11/h3-6,8,10,23H,7,9H2,1-2H3,(H,20,21). The first-order valence-corrected chi connectivity index (χ1v) is 7.93. The van der Waals surface area contributed by atoms with Crippen LogP contribution < -0.4 is 0 Å². The number of carbonyl (C=O) groups excluding carboxylic acids is 2. The van der Waals surface area contributed by atoms with Gasteiger partial charge in [0.25, 0.3) is 11.7 Å². The summed E-state index contributed by atoms with van der Waals surface area (Å²) in [6.07, 6.45) is 1.84. The minimum atomic E-state index is -0.694. The molecular formula is C18H18FN3O3. The second-order valence-corrected chi connectivity index (χ2v) is 6.23. The summed E-state index contributed by atoms with van der Waals surface area (Å²) >= 11 is 0. The Hall–Kier alpha value is -2.96. The van der Waals surface area contributed by atoms with Gasteiger partial charge in [-0.25, -0.2) is 9.37 Å². The topological polar surface area (TPSA) is 86.3 Å². The number of hydrogen-bond acceptors (Lipinski definition) is 4. The van der Waals surface area contributed by atoms with Gasteiger partial charge < -0.3 is 15.0 Å². The number of carbonyl (C=O) groups is 2. The molecule has 25 heavy (non-hydrogen) atoms. The molecule has 1 saturated heterocycles. The highest BCUT2D eigenvalue weighted by Gasteiger charge is 2.38. The predicted molar refractivity (Wildman–Crippen MR) is 89.2 cm³/mol. The van der Waals surface area contributed by atoms with Crippen LogP contribution in [-0.4, -0.2) is 44.3 Å². The monoisotopic (exact) mass is 343 g/mol. The third-order valence-electron chi connectivity index (χ3n) is 4.14. The van der Waals surface area contributed by atoms with Crippen LogP contribution in [0.25, 0.3) is 5.76 Å². The third kappa shape index (κ3) is 3.31. The molecule has 1 fully saturated rings. The van der Waals surface area contributed by atoms with Crippen molar-refractivity contribution in [2.24, 2.45) is 0 Å². The minimum absolute atomic E-state index is 0.0654. The molecule has 2 heterocycles. The number of imidazole rings is 1. The van der Waals surface area contributed by atoms with Crippen molar-refractivity contribution in [3.8, 4) is 0 Å². The summed E-state index contributed by atoms with van der Waals surface area (Å²) in [7, 11) is 0. The number of rotatable bonds is 4. The SMILES string of the molecule is CC(C)N1CC(=C(O)c2cnc(Cc3ccc(F)cc3)[nH]2)C(=O)C1=O. The molecule has 2 N–H and O–H groups in total. The van der Waals surface area contributed by atoms with Gasteiger partial charge in [-0.1, -0.05) is 12.1 Å². The predicted octanol–water partition coefficient (Wildman–Crippen LogP) is 2.23. The molecule has 1 aromatic carbocycles. The second-order valence-electron chi connectivity index (χ2n) is 6.23. The first kappa shape index (κ1) is 16.9. The van der Waals surface area contributed by atoms with Crippen molar-refractivity contribution in [2.75, 3.05) is 6.54 Å².